The van der Waals surface area contributed by atoms with E-state index in [1.807, 2.05) is 14.0 Å². The van der Waals surface area contributed by atoms with Gasteiger partial charge in [0.05, 0.1) is 0 Å². The average molecular weight is 253 g/mol. The number of benzene rings is 1. The Morgan fingerprint density at radius 3 is 2.78 bits per heavy atom. The van der Waals surface area contributed by atoms with Gasteiger partial charge in [-0.3, -0.25) is 0 Å². The Morgan fingerprint density at radius 1 is 1.33 bits per heavy atom. The van der Waals surface area contributed by atoms with Gasteiger partial charge in [0.1, 0.15) is 0 Å². The molecule has 2 aromatic rings. The van der Waals surface area contributed by atoms with E-state index in [1.54, 1.807) is 0 Å². The molecule has 1 unspecified atom stereocenters. The van der Waals surface area contributed by atoms with Gasteiger partial charge in [-0.15, -0.1) is 0 Å². The van der Waals surface area contributed by atoms with Crippen LogP contribution in [0.15, 0.2) is 22.7 Å². The number of nitrogens with one attached hydrogen (secondary N) is 1. The minimum absolute atomic E-state index is 0.197. The number of likely N-dealkylation sites (N-methyl/N-ethyl adjacent to an activating group) is 1. The van der Waals surface area contributed by atoms with Crippen LogP contribution in [0.1, 0.15) is 12.8 Å². The summed E-state index contributed by atoms with van der Waals surface area (Å²) in [6.45, 7) is 1.97. The first kappa shape index (κ1) is 12.6. The standard InChI is InChI=1S/C12H13F2N3O/c1-7(15-2)5-11-16-12(17-18-11)8-3-4-9(13)10(14)6-8/h3-4,6-7,15H,5H2,1-2H3. The monoisotopic (exact) mass is 253 g/mol. The molecule has 0 amide bonds. The van der Waals surface area contributed by atoms with Gasteiger partial charge in [0.15, 0.2) is 11.6 Å². The van der Waals surface area contributed by atoms with Crippen LogP contribution >= 0.6 is 0 Å². The summed E-state index contributed by atoms with van der Waals surface area (Å²) in [7, 11) is 1.83. The van der Waals surface area contributed by atoms with Crippen LogP contribution in [0, 0.1) is 11.6 Å². The third-order valence-corrected chi connectivity index (χ3v) is 2.62. The van der Waals surface area contributed by atoms with Crippen LogP contribution in [0.5, 0.6) is 0 Å². The van der Waals surface area contributed by atoms with Crippen molar-refractivity contribution in [3.8, 4) is 11.4 Å². The molecule has 6 heteroatoms. The van der Waals surface area contributed by atoms with Crippen molar-refractivity contribution in [3.05, 3.63) is 35.7 Å². The molecule has 0 aliphatic carbocycles. The smallest absolute Gasteiger partial charge is 0.228 e. The summed E-state index contributed by atoms with van der Waals surface area (Å²) >= 11 is 0. The molecule has 4 nitrogen and oxygen atoms in total. The predicted octanol–water partition coefficient (Wildman–Crippen LogP) is 2.17. The van der Waals surface area contributed by atoms with Crippen LogP contribution in [-0.2, 0) is 6.42 Å². The highest BCUT2D eigenvalue weighted by atomic mass is 19.2. The SMILES string of the molecule is CNC(C)Cc1nc(-c2ccc(F)c(F)c2)no1. The summed E-state index contributed by atoms with van der Waals surface area (Å²) in [5.41, 5.74) is 0.390. The fourth-order valence-electron chi connectivity index (χ4n) is 1.45. The number of aromatic nitrogens is 2. The van der Waals surface area contributed by atoms with Gasteiger partial charge in [0.2, 0.25) is 11.7 Å². The maximum Gasteiger partial charge on any atom is 0.228 e. The first-order chi connectivity index (χ1) is 8.60. The first-order valence-corrected chi connectivity index (χ1v) is 5.55. The van der Waals surface area contributed by atoms with E-state index in [0.717, 1.165) is 12.1 Å². The van der Waals surface area contributed by atoms with E-state index in [4.69, 9.17) is 4.52 Å². The first-order valence-electron chi connectivity index (χ1n) is 5.55. The zero-order chi connectivity index (χ0) is 13.1. The van der Waals surface area contributed by atoms with Gasteiger partial charge >= 0.3 is 0 Å². The van der Waals surface area contributed by atoms with E-state index in [0.29, 0.717) is 17.9 Å². The van der Waals surface area contributed by atoms with Crippen LogP contribution in [0.25, 0.3) is 11.4 Å². The van der Waals surface area contributed by atoms with Gasteiger partial charge in [-0.1, -0.05) is 5.16 Å². The van der Waals surface area contributed by atoms with Gasteiger partial charge in [0, 0.05) is 18.0 Å². The molecule has 0 radical (unpaired) electrons. The van der Waals surface area contributed by atoms with Crippen LogP contribution in [0.4, 0.5) is 8.78 Å². The lowest BCUT2D eigenvalue weighted by atomic mass is 10.2. The Morgan fingerprint density at radius 2 is 2.11 bits per heavy atom. The second-order valence-corrected chi connectivity index (χ2v) is 4.03. The molecule has 0 saturated carbocycles. The number of rotatable bonds is 4. The molecule has 1 aromatic carbocycles. The maximum absolute atomic E-state index is 13.1. The molecule has 1 heterocycles. The predicted molar refractivity (Wildman–Crippen MR) is 61.9 cm³/mol. The van der Waals surface area contributed by atoms with Gasteiger partial charge in [-0.2, -0.15) is 4.98 Å². The molecule has 0 saturated heterocycles. The Kier molecular flexibility index (Phi) is 3.66. The second-order valence-electron chi connectivity index (χ2n) is 4.03. The van der Waals surface area contributed by atoms with Gasteiger partial charge in [-0.25, -0.2) is 8.78 Å². The molecule has 0 spiro atoms. The Balaban J connectivity index is 2.21. The largest absolute Gasteiger partial charge is 0.339 e. The van der Waals surface area contributed by atoms with Crippen LogP contribution in [0.3, 0.4) is 0 Å². The fraction of sp³-hybridized carbons (Fsp3) is 0.333. The topological polar surface area (TPSA) is 51.0 Å². The molecule has 1 atom stereocenters. The van der Waals surface area contributed by atoms with E-state index < -0.39 is 11.6 Å². The average Bonchev–Trinajstić information content (AvgIpc) is 2.81. The lowest BCUT2D eigenvalue weighted by Crippen LogP contribution is -2.23. The highest BCUT2D eigenvalue weighted by Crippen LogP contribution is 2.18. The Bertz CT molecular complexity index is 542. The maximum atomic E-state index is 13.1. The van der Waals surface area contributed by atoms with E-state index >= 15 is 0 Å². The molecule has 1 aromatic heterocycles. The van der Waals surface area contributed by atoms with Gasteiger partial charge in [-0.05, 0) is 32.2 Å². The molecule has 0 fully saturated rings. The molecule has 0 bridgehead atoms. The van der Waals surface area contributed by atoms with Crippen LogP contribution < -0.4 is 5.32 Å². The summed E-state index contributed by atoms with van der Waals surface area (Å²) in [5.74, 6) is -1.11. The van der Waals surface area contributed by atoms with Crippen molar-refractivity contribution in [2.75, 3.05) is 7.05 Å². The molecule has 2 rings (SSSR count). The van der Waals surface area contributed by atoms with Crippen molar-refractivity contribution < 1.29 is 13.3 Å². The molecule has 1 N–H and O–H groups in total. The third kappa shape index (κ3) is 2.70. The van der Waals surface area contributed by atoms with Crippen LogP contribution in [0.2, 0.25) is 0 Å². The quantitative estimate of drug-likeness (QED) is 0.907. The summed E-state index contributed by atoms with van der Waals surface area (Å²) in [4.78, 5) is 4.13. The Labute approximate surface area is 103 Å². The molecular weight excluding hydrogens is 240 g/mol. The molecule has 0 aliphatic rings. The van der Waals surface area contributed by atoms with Crippen LogP contribution in [-0.4, -0.2) is 23.2 Å². The normalized spacial score (nSPS) is 12.7. The summed E-state index contributed by atoms with van der Waals surface area (Å²) in [6, 6.07) is 3.69. The molecular formula is C12H13F2N3O. The lowest BCUT2D eigenvalue weighted by Gasteiger charge is -2.04. The minimum atomic E-state index is -0.928. The van der Waals surface area contributed by atoms with E-state index in [9.17, 15) is 8.78 Å². The van der Waals surface area contributed by atoms with E-state index in [2.05, 4.69) is 15.5 Å². The Hall–Kier alpha value is -1.82. The third-order valence-electron chi connectivity index (χ3n) is 2.62. The van der Waals surface area contributed by atoms with E-state index in [1.165, 1.54) is 6.07 Å². The lowest BCUT2D eigenvalue weighted by molar-refractivity contribution is 0.365. The zero-order valence-electron chi connectivity index (χ0n) is 10.1. The highest BCUT2D eigenvalue weighted by Gasteiger charge is 2.12. The summed E-state index contributed by atoms with van der Waals surface area (Å²) in [5, 5.41) is 6.78. The highest BCUT2D eigenvalue weighted by molar-refractivity contribution is 5.54. The minimum Gasteiger partial charge on any atom is -0.339 e. The van der Waals surface area contributed by atoms with Crippen molar-refractivity contribution in [2.45, 2.75) is 19.4 Å². The molecule has 0 aliphatic heterocycles. The van der Waals surface area contributed by atoms with Gasteiger partial charge < -0.3 is 9.84 Å². The summed E-state index contributed by atoms with van der Waals surface area (Å²) < 4.78 is 30.9. The van der Waals surface area contributed by atoms with Crippen molar-refractivity contribution in [3.63, 3.8) is 0 Å². The number of halogens is 2. The summed E-state index contributed by atoms with van der Waals surface area (Å²) in [6.07, 6.45) is 0.577. The van der Waals surface area contributed by atoms with Crippen molar-refractivity contribution >= 4 is 0 Å². The van der Waals surface area contributed by atoms with E-state index in [-0.39, 0.29) is 11.9 Å². The number of hydrogen-bond acceptors (Lipinski definition) is 4. The van der Waals surface area contributed by atoms with Crippen molar-refractivity contribution in [1.82, 2.24) is 15.5 Å². The number of nitrogens with zero attached hydrogens (tertiary/aromatic N) is 2. The van der Waals surface area contributed by atoms with Gasteiger partial charge in [0.25, 0.3) is 0 Å². The second kappa shape index (κ2) is 5.22. The van der Waals surface area contributed by atoms with Crippen molar-refractivity contribution in [1.29, 1.82) is 0 Å². The zero-order valence-corrected chi connectivity index (χ0v) is 10.1. The molecule has 18 heavy (non-hydrogen) atoms. The fourth-order valence-corrected chi connectivity index (χ4v) is 1.45. The number of hydrogen-bond donors (Lipinski definition) is 1. The van der Waals surface area contributed by atoms with Crippen molar-refractivity contribution in [2.24, 2.45) is 0 Å². The molecule has 96 valence electrons.